The first-order valence-electron chi connectivity index (χ1n) is 6.35. The van der Waals surface area contributed by atoms with E-state index in [-0.39, 0.29) is 30.8 Å². The van der Waals surface area contributed by atoms with Gasteiger partial charge >= 0.3 is 5.97 Å². The summed E-state index contributed by atoms with van der Waals surface area (Å²) in [6.07, 6.45) is 0. The molecule has 2 N–H and O–H groups in total. The van der Waals surface area contributed by atoms with Crippen molar-refractivity contribution in [3.63, 3.8) is 0 Å². The van der Waals surface area contributed by atoms with Crippen molar-refractivity contribution in [1.82, 2.24) is 0 Å². The van der Waals surface area contributed by atoms with Gasteiger partial charge in [-0.05, 0) is 22.3 Å². The summed E-state index contributed by atoms with van der Waals surface area (Å²) in [6, 6.07) is 16.5. The first-order chi connectivity index (χ1) is 9.31. The SMILES string of the molecule is Cl.NCC(=O)OCC1c2ccccc2-c2ccccc21. The number of ether oxygens (including phenoxy) is 1. The van der Waals surface area contributed by atoms with Crippen molar-refractivity contribution in [2.45, 2.75) is 5.92 Å². The maximum atomic E-state index is 11.2. The van der Waals surface area contributed by atoms with E-state index in [4.69, 9.17) is 10.5 Å². The molecule has 0 bridgehead atoms. The summed E-state index contributed by atoms with van der Waals surface area (Å²) in [7, 11) is 0. The normalized spacial score (nSPS) is 12.2. The molecule has 0 aliphatic heterocycles. The Morgan fingerprint density at radius 1 is 1.00 bits per heavy atom. The van der Waals surface area contributed by atoms with Crippen molar-refractivity contribution in [3.05, 3.63) is 59.7 Å². The van der Waals surface area contributed by atoms with E-state index >= 15 is 0 Å². The average Bonchev–Trinajstić information content (AvgIpc) is 2.79. The van der Waals surface area contributed by atoms with Crippen LogP contribution in [0.1, 0.15) is 17.0 Å². The Morgan fingerprint density at radius 2 is 1.50 bits per heavy atom. The Hall–Kier alpha value is -1.84. The number of fused-ring (bicyclic) bond motifs is 3. The fraction of sp³-hybridized carbons (Fsp3) is 0.188. The fourth-order valence-corrected chi connectivity index (χ4v) is 2.67. The average molecular weight is 290 g/mol. The van der Waals surface area contributed by atoms with Gasteiger partial charge in [0.1, 0.15) is 6.61 Å². The van der Waals surface area contributed by atoms with Crippen LogP contribution >= 0.6 is 12.4 Å². The molecule has 104 valence electrons. The summed E-state index contributed by atoms with van der Waals surface area (Å²) < 4.78 is 5.22. The van der Waals surface area contributed by atoms with Crippen LogP contribution in [0.2, 0.25) is 0 Å². The summed E-state index contributed by atoms with van der Waals surface area (Å²) in [5, 5.41) is 0. The minimum atomic E-state index is -0.359. The number of nitrogens with two attached hydrogens (primary N) is 1. The second-order valence-electron chi connectivity index (χ2n) is 4.61. The highest BCUT2D eigenvalue weighted by atomic mass is 35.5. The van der Waals surface area contributed by atoms with E-state index in [2.05, 4.69) is 24.3 Å². The van der Waals surface area contributed by atoms with Crippen molar-refractivity contribution in [2.24, 2.45) is 5.73 Å². The summed E-state index contributed by atoms with van der Waals surface area (Å²) in [5.74, 6) is -0.246. The number of benzene rings is 2. The molecule has 0 spiro atoms. The zero-order valence-corrected chi connectivity index (χ0v) is 11.7. The maximum absolute atomic E-state index is 11.2. The van der Waals surface area contributed by atoms with Crippen molar-refractivity contribution in [3.8, 4) is 11.1 Å². The Bertz CT molecular complexity index is 582. The number of halogens is 1. The first-order valence-corrected chi connectivity index (χ1v) is 6.35. The minimum Gasteiger partial charge on any atom is -0.464 e. The van der Waals surface area contributed by atoms with Gasteiger partial charge in [-0.25, -0.2) is 0 Å². The lowest BCUT2D eigenvalue weighted by Crippen LogP contribution is -2.19. The van der Waals surface area contributed by atoms with Crippen LogP contribution in [0.4, 0.5) is 0 Å². The number of esters is 1. The summed E-state index contributed by atoms with van der Waals surface area (Å²) in [6.45, 7) is 0.278. The minimum absolute atomic E-state index is 0. The smallest absolute Gasteiger partial charge is 0.319 e. The molecule has 3 nitrogen and oxygen atoms in total. The van der Waals surface area contributed by atoms with Crippen molar-refractivity contribution in [2.75, 3.05) is 13.2 Å². The van der Waals surface area contributed by atoms with Crippen LogP contribution in [-0.4, -0.2) is 19.1 Å². The molecule has 0 fully saturated rings. The van der Waals surface area contributed by atoms with Gasteiger partial charge in [-0.2, -0.15) is 0 Å². The highest BCUT2D eigenvalue weighted by Gasteiger charge is 2.28. The van der Waals surface area contributed by atoms with E-state index in [1.54, 1.807) is 0 Å². The molecule has 1 aliphatic rings. The van der Waals surface area contributed by atoms with E-state index in [1.807, 2.05) is 24.3 Å². The molecule has 0 amide bonds. The van der Waals surface area contributed by atoms with E-state index in [0.29, 0.717) is 6.61 Å². The van der Waals surface area contributed by atoms with Crippen molar-refractivity contribution >= 4 is 18.4 Å². The van der Waals surface area contributed by atoms with E-state index in [9.17, 15) is 4.79 Å². The highest BCUT2D eigenvalue weighted by Crippen LogP contribution is 2.44. The lowest BCUT2D eigenvalue weighted by molar-refractivity contribution is -0.142. The number of hydrogen-bond acceptors (Lipinski definition) is 3. The molecule has 3 rings (SSSR count). The number of rotatable bonds is 3. The molecule has 0 unspecified atom stereocenters. The quantitative estimate of drug-likeness (QED) is 0.884. The molecule has 0 aromatic heterocycles. The fourth-order valence-electron chi connectivity index (χ4n) is 2.67. The Kier molecular flexibility index (Phi) is 4.42. The Balaban J connectivity index is 0.00000147. The molecule has 0 heterocycles. The highest BCUT2D eigenvalue weighted by molar-refractivity contribution is 5.85. The van der Waals surface area contributed by atoms with E-state index in [0.717, 1.165) is 0 Å². The van der Waals surface area contributed by atoms with Gasteiger partial charge in [-0.3, -0.25) is 4.79 Å². The van der Waals surface area contributed by atoms with Crippen LogP contribution in [0.15, 0.2) is 48.5 Å². The van der Waals surface area contributed by atoms with Gasteiger partial charge in [0.15, 0.2) is 0 Å². The van der Waals surface area contributed by atoms with Crippen molar-refractivity contribution < 1.29 is 9.53 Å². The van der Waals surface area contributed by atoms with Gasteiger partial charge in [0.25, 0.3) is 0 Å². The molecule has 0 saturated heterocycles. The number of hydrogen-bond donors (Lipinski definition) is 1. The molecule has 2 aromatic carbocycles. The first kappa shape index (κ1) is 14.6. The second kappa shape index (κ2) is 6.07. The molecule has 0 radical (unpaired) electrons. The third kappa shape index (κ3) is 2.42. The Labute approximate surface area is 124 Å². The van der Waals surface area contributed by atoms with Crippen molar-refractivity contribution in [1.29, 1.82) is 0 Å². The zero-order valence-electron chi connectivity index (χ0n) is 10.9. The lowest BCUT2D eigenvalue weighted by atomic mass is 9.98. The van der Waals surface area contributed by atoms with Crippen LogP contribution < -0.4 is 5.73 Å². The molecular weight excluding hydrogens is 274 g/mol. The maximum Gasteiger partial charge on any atom is 0.319 e. The monoisotopic (exact) mass is 289 g/mol. The molecule has 2 aromatic rings. The van der Waals surface area contributed by atoms with E-state index < -0.39 is 0 Å². The van der Waals surface area contributed by atoms with Crippen LogP contribution in [0.3, 0.4) is 0 Å². The topological polar surface area (TPSA) is 52.3 Å². The molecule has 1 aliphatic carbocycles. The van der Waals surface area contributed by atoms with Gasteiger partial charge in [0.2, 0.25) is 0 Å². The summed E-state index contributed by atoms with van der Waals surface area (Å²) in [4.78, 5) is 11.2. The van der Waals surface area contributed by atoms with Gasteiger partial charge in [-0.1, -0.05) is 48.5 Å². The standard InChI is InChI=1S/C16H15NO2.ClH/c17-9-16(18)19-10-15-13-7-3-1-5-11(13)12-6-2-4-8-14(12)15;/h1-8,15H,9-10,17H2;1H. The molecule has 20 heavy (non-hydrogen) atoms. The lowest BCUT2D eigenvalue weighted by Gasteiger charge is -2.13. The molecule has 0 saturated carbocycles. The Morgan fingerprint density at radius 3 is 2.00 bits per heavy atom. The summed E-state index contributed by atoms with van der Waals surface area (Å²) >= 11 is 0. The predicted molar refractivity (Wildman–Crippen MR) is 81.0 cm³/mol. The van der Waals surface area contributed by atoms with Crippen LogP contribution in [0.5, 0.6) is 0 Å². The van der Waals surface area contributed by atoms with Gasteiger partial charge in [-0.15, -0.1) is 12.4 Å². The van der Waals surface area contributed by atoms with Gasteiger partial charge in [0.05, 0.1) is 6.54 Å². The van der Waals surface area contributed by atoms with Gasteiger partial charge in [0, 0.05) is 5.92 Å². The number of carbonyl (C=O) groups excluding carboxylic acids is 1. The third-order valence-corrected chi connectivity index (χ3v) is 3.54. The molecular formula is C16H16ClNO2. The third-order valence-electron chi connectivity index (χ3n) is 3.54. The predicted octanol–water partition coefficient (Wildman–Crippen LogP) is 2.72. The van der Waals surface area contributed by atoms with E-state index in [1.165, 1.54) is 22.3 Å². The molecule has 0 atom stereocenters. The zero-order chi connectivity index (χ0) is 13.2. The van der Waals surface area contributed by atoms with Crippen LogP contribution in [0.25, 0.3) is 11.1 Å². The largest absolute Gasteiger partial charge is 0.464 e. The van der Waals surface area contributed by atoms with Crippen LogP contribution in [0, 0.1) is 0 Å². The molecule has 4 heteroatoms. The number of carbonyl (C=O) groups is 1. The second-order valence-corrected chi connectivity index (χ2v) is 4.61. The summed E-state index contributed by atoms with van der Waals surface area (Å²) in [5.41, 5.74) is 10.2. The van der Waals surface area contributed by atoms with Crippen LogP contribution in [-0.2, 0) is 9.53 Å². The van der Waals surface area contributed by atoms with Gasteiger partial charge < -0.3 is 10.5 Å².